The summed E-state index contributed by atoms with van der Waals surface area (Å²) in [5.41, 5.74) is 6.35. The molecule has 1 aromatic carbocycles. The summed E-state index contributed by atoms with van der Waals surface area (Å²) < 4.78 is 15.8. The van der Waals surface area contributed by atoms with Crippen molar-refractivity contribution in [2.75, 3.05) is 6.54 Å². The van der Waals surface area contributed by atoms with Gasteiger partial charge in [0.15, 0.2) is 0 Å². The van der Waals surface area contributed by atoms with Crippen LogP contribution in [0.25, 0.3) is 5.69 Å². The van der Waals surface area contributed by atoms with Gasteiger partial charge in [0.05, 0.1) is 17.4 Å². The van der Waals surface area contributed by atoms with Crippen molar-refractivity contribution in [1.29, 1.82) is 0 Å². The zero-order chi connectivity index (χ0) is 16.9. The van der Waals surface area contributed by atoms with Crippen molar-refractivity contribution in [2.45, 2.75) is 33.2 Å². The second kappa shape index (κ2) is 10.4. The average Bonchev–Trinajstić information content (AvgIpc) is 3.09. The van der Waals surface area contributed by atoms with E-state index >= 15 is 0 Å². The molecule has 25 heavy (non-hydrogen) atoms. The molecule has 0 saturated heterocycles. The maximum absolute atomic E-state index is 14.2. The lowest BCUT2D eigenvalue weighted by atomic mass is 9.81. The van der Waals surface area contributed by atoms with Crippen molar-refractivity contribution in [1.82, 2.24) is 14.9 Å². The van der Waals surface area contributed by atoms with E-state index in [4.69, 9.17) is 5.73 Å². The highest BCUT2D eigenvalue weighted by Gasteiger charge is 2.32. The predicted octanol–water partition coefficient (Wildman–Crippen LogP) is 3.24. The molecule has 2 rings (SSSR count). The van der Waals surface area contributed by atoms with Crippen LogP contribution in [0, 0.1) is 11.2 Å². The highest BCUT2D eigenvalue weighted by molar-refractivity contribution is 5.85. The summed E-state index contributed by atoms with van der Waals surface area (Å²) in [5.74, 6) is -0.435. The van der Waals surface area contributed by atoms with Gasteiger partial charge in [-0.1, -0.05) is 19.9 Å². The van der Waals surface area contributed by atoms with E-state index in [1.807, 2.05) is 13.8 Å². The number of nitrogens with one attached hydrogen (secondary N) is 1. The predicted molar refractivity (Wildman–Crippen MR) is 102 cm³/mol. The fourth-order valence-corrected chi connectivity index (χ4v) is 2.59. The Morgan fingerprint density at radius 2 is 2.00 bits per heavy atom. The van der Waals surface area contributed by atoms with Crippen LogP contribution in [0.15, 0.2) is 36.9 Å². The van der Waals surface area contributed by atoms with Crippen molar-refractivity contribution in [3.8, 4) is 5.69 Å². The molecule has 0 aliphatic rings. The summed E-state index contributed by atoms with van der Waals surface area (Å²) in [5, 5.41) is 2.87. The lowest BCUT2D eigenvalue weighted by Crippen LogP contribution is -2.45. The van der Waals surface area contributed by atoms with Crippen molar-refractivity contribution < 1.29 is 9.18 Å². The standard InChI is InChI=1S/C17H23FN4O.2ClH/c1-3-17(4-2,11-19)16(23)21-10-13-5-6-15(14(18)9-13)22-8-7-20-12-22;;/h5-9,12H,3-4,10-11,19H2,1-2H3,(H,21,23);2*1H. The van der Waals surface area contributed by atoms with E-state index in [-0.39, 0.29) is 43.1 Å². The number of benzene rings is 1. The maximum Gasteiger partial charge on any atom is 0.227 e. The van der Waals surface area contributed by atoms with E-state index in [2.05, 4.69) is 10.3 Å². The molecule has 0 spiro atoms. The zero-order valence-corrected chi connectivity index (χ0v) is 16.0. The molecule has 0 unspecified atom stereocenters. The minimum Gasteiger partial charge on any atom is -0.352 e. The van der Waals surface area contributed by atoms with E-state index in [0.717, 1.165) is 0 Å². The molecule has 1 heterocycles. The van der Waals surface area contributed by atoms with E-state index in [1.54, 1.807) is 29.1 Å². The van der Waals surface area contributed by atoms with Gasteiger partial charge in [-0.2, -0.15) is 0 Å². The highest BCUT2D eigenvalue weighted by atomic mass is 35.5. The molecule has 0 saturated carbocycles. The van der Waals surface area contributed by atoms with Gasteiger partial charge in [0.25, 0.3) is 0 Å². The summed E-state index contributed by atoms with van der Waals surface area (Å²) in [6.45, 7) is 4.49. The van der Waals surface area contributed by atoms with Gasteiger partial charge in [-0.15, -0.1) is 24.8 Å². The third kappa shape index (κ3) is 5.17. The van der Waals surface area contributed by atoms with Crippen LogP contribution in [0.3, 0.4) is 0 Å². The molecule has 0 bridgehead atoms. The number of rotatable bonds is 7. The molecule has 0 fully saturated rings. The highest BCUT2D eigenvalue weighted by Crippen LogP contribution is 2.25. The fourth-order valence-electron chi connectivity index (χ4n) is 2.59. The van der Waals surface area contributed by atoms with E-state index in [1.165, 1.54) is 12.4 Å². The van der Waals surface area contributed by atoms with Crippen molar-refractivity contribution in [3.63, 3.8) is 0 Å². The summed E-state index contributed by atoms with van der Waals surface area (Å²) in [6, 6.07) is 4.90. The smallest absolute Gasteiger partial charge is 0.227 e. The first kappa shape index (κ1) is 23.4. The number of hydrogen-bond acceptors (Lipinski definition) is 3. The molecule has 0 radical (unpaired) electrons. The molecule has 1 amide bonds. The van der Waals surface area contributed by atoms with Crippen molar-refractivity contribution in [2.24, 2.45) is 11.1 Å². The Kier molecular flexibility index (Phi) is 9.70. The van der Waals surface area contributed by atoms with Gasteiger partial charge in [0.1, 0.15) is 5.82 Å². The molecule has 0 aliphatic heterocycles. The molecule has 1 aromatic heterocycles. The number of carbonyl (C=O) groups excluding carboxylic acids is 1. The zero-order valence-electron chi connectivity index (χ0n) is 14.4. The first-order valence-electron chi connectivity index (χ1n) is 7.81. The van der Waals surface area contributed by atoms with Gasteiger partial charge in [-0.05, 0) is 30.5 Å². The SMILES string of the molecule is CCC(CC)(CN)C(=O)NCc1ccc(-n2ccnc2)c(F)c1.Cl.Cl. The summed E-state index contributed by atoms with van der Waals surface area (Å²) >= 11 is 0. The quantitative estimate of drug-likeness (QED) is 0.761. The minimum atomic E-state index is -0.546. The molecule has 8 heteroatoms. The van der Waals surface area contributed by atoms with Gasteiger partial charge < -0.3 is 15.6 Å². The van der Waals surface area contributed by atoms with Gasteiger partial charge in [-0.3, -0.25) is 4.79 Å². The van der Waals surface area contributed by atoms with Crippen LogP contribution < -0.4 is 11.1 Å². The summed E-state index contributed by atoms with van der Waals surface area (Å²) in [4.78, 5) is 16.3. The Hall–Kier alpha value is -1.63. The molecular weight excluding hydrogens is 366 g/mol. The van der Waals surface area contributed by atoms with E-state index in [0.29, 0.717) is 30.6 Å². The van der Waals surface area contributed by atoms with Crippen LogP contribution in [0.5, 0.6) is 0 Å². The average molecular weight is 391 g/mol. The minimum absolute atomic E-state index is 0. The summed E-state index contributed by atoms with van der Waals surface area (Å²) in [7, 11) is 0. The number of nitrogens with zero attached hydrogens (tertiary/aromatic N) is 2. The molecule has 5 nitrogen and oxygen atoms in total. The van der Waals surface area contributed by atoms with Crippen LogP contribution in [0.4, 0.5) is 4.39 Å². The van der Waals surface area contributed by atoms with Crippen LogP contribution in [0.1, 0.15) is 32.3 Å². The van der Waals surface area contributed by atoms with Crippen LogP contribution >= 0.6 is 24.8 Å². The second-order valence-electron chi connectivity index (χ2n) is 5.63. The van der Waals surface area contributed by atoms with Gasteiger partial charge in [-0.25, -0.2) is 9.37 Å². The molecule has 0 atom stereocenters. The van der Waals surface area contributed by atoms with Crippen LogP contribution in [-0.2, 0) is 11.3 Å². The Morgan fingerprint density at radius 3 is 2.48 bits per heavy atom. The van der Waals surface area contributed by atoms with E-state index < -0.39 is 5.41 Å². The van der Waals surface area contributed by atoms with Gasteiger partial charge in [0, 0.05) is 25.5 Å². The number of aromatic nitrogens is 2. The lowest BCUT2D eigenvalue weighted by molar-refractivity contribution is -0.131. The molecule has 2 aromatic rings. The topological polar surface area (TPSA) is 72.9 Å². The van der Waals surface area contributed by atoms with Crippen LogP contribution in [0.2, 0.25) is 0 Å². The van der Waals surface area contributed by atoms with Crippen molar-refractivity contribution in [3.05, 3.63) is 48.3 Å². The molecule has 3 N–H and O–H groups in total. The van der Waals surface area contributed by atoms with Crippen LogP contribution in [-0.4, -0.2) is 22.0 Å². The molecule has 140 valence electrons. The maximum atomic E-state index is 14.2. The second-order valence-corrected chi connectivity index (χ2v) is 5.63. The van der Waals surface area contributed by atoms with E-state index in [9.17, 15) is 9.18 Å². The molecule has 0 aliphatic carbocycles. The van der Waals surface area contributed by atoms with Gasteiger partial charge in [0.2, 0.25) is 5.91 Å². The Labute approximate surface area is 160 Å². The van der Waals surface area contributed by atoms with Gasteiger partial charge >= 0.3 is 0 Å². The Bertz CT molecular complexity index is 652. The number of hydrogen-bond donors (Lipinski definition) is 2. The first-order valence-corrected chi connectivity index (χ1v) is 7.81. The van der Waals surface area contributed by atoms with Crippen molar-refractivity contribution >= 4 is 30.7 Å². The third-order valence-electron chi connectivity index (χ3n) is 4.47. The first-order chi connectivity index (χ1) is 11.1. The normalized spacial score (nSPS) is 10.6. The molecular formula is C17H25Cl2FN4O. The summed E-state index contributed by atoms with van der Waals surface area (Å²) in [6.07, 6.45) is 6.17. The Morgan fingerprint density at radius 1 is 1.32 bits per heavy atom. The number of halogens is 3. The number of nitrogens with two attached hydrogens (primary N) is 1. The third-order valence-corrected chi connectivity index (χ3v) is 4.47. The number of imidazole rings is 1. The number of amides is 1. The Balaban J connectivity index is 0.00000288. The fraction of sp³-hybridized carbons (Fsp3) is 0.412. The largest absolute Gasteiger partial charge is 0.352 e. The monoisotopic (exact) mass is 390 g/mol. The lowest BCUT2D eigenvalue weighted by Gasteiger charge is -2.28. The number of carbonyl (C=O) groups is 1.